The van der Waals surface area contributed by atoms with Gasteiger partial charge in [0.25, 0.3) is 0 Å². The summed E-state index contributed by atoms with van der Waals surface area (Å²) in [5, 5.41) is 0. The van der Waals surface area contributed by atoms with E-state index in [2.05, 4.69) is 48.1 Å². The van der Waals surface area contributed by atoms with E-state index in [0.29, 0.717) is 13.0 Å². The number of ether oxygens (including phenoxy) is 2. The predicted octanol–water partition coefficient (Wildman–Crippen LogP) is 6.91. The molecule has 6 nitrogen and oxygen atoms in total. The second kappa shape index (κ2) is 9.27. The van der Waals surface area contributed by atoms with Crippen molar-refractivity contribution in [1.82, 2.24) is 0 Å². The number of carbonyl (C=O) groups is 3. The second-order valence-corrected chi connectivity index (χ2v) is 16.3. The van der Waals surface area contributed by atoms with Crippen LogP contribution in [0.1, 0.15) is 113 Å². The normalized spacial score (nSPS) is 48.4. The van der Waals surface area contributed by atoms with E-state index in [1.807, 2.05) is 13.0 Å². The van der Waals surface area contributed by atoms with Crippen LogP contribution in [0, 0.1) is 50.2 Å². The molecule has 0 aromatic rings. The molecule has 41 heavy (non-hydrogen) atoms. The van der Waals surface area contributed by atoms with E-state index in [4.69, 9.17) is 15.2 Å². The highest BCUT2D eigenvalue weighted by Gasteiger charge is 2.72. The van der Waals surface area contributed by atoms with Crippen molar-refractivity contribution >= 4 is 17.7 Å². The lowest BCUT2D eigenvalue weighted by Crippen LogP contribution is -2.69. The van der Waals surface area contributed by atoms with Gasteiger partial charge in [0.1, 0.15) is 0 Å². The summed E-state index contributed by atoms with van der Waals surface area (Å²) in [6.45, 7) is 21.4. The third-order valence-corrected chi connectivity index (χ3v) is 14.0. The molecule has 4 saturated carbocycles. The number of hydrogen-bond donors (Lipinski definition) is 1. The van der Waals surface area contributed by atoms with Crippen molar-refractivity contribution in [3.8, 4) is 0 Å². The lowest BCUT2D eigenvalue weighted by Gasteiger charge is -2.71. The molecule has 1 unspecified atom stereocenters. The minimum Gasteiger partial charge on any atom is -0.433 e. The fourth-order valence-electron chi connectivity index (χ4n) is 11.2. The van der Waals surface area contributed by atoms with Crippen LogP contribution in [-0.2, 0) is 23.9 Å². The summed E-state index contributed by atoms with van der Waals surface area (Å²) in [5.74, 6) is -1.19. The lowest BCUT2D eigenvalue weighted by atomic mass is 9.33. The zero-order valence-electron chi connectivity index (χ0n) is 26.8. The molecular formula is C35H53NO5. The number of hydrogen-bond acceptors (Lipinski definition) is 5. The number of rotatable bonds is 5. The Kier molecular flexibility index (Phi) is 6.90. The molecule has 9 atom stereocenters. The molecular weight excluding hydrogens is 514 g/mol. The summed E-state index contributed by atoms with van der Waals surface area (Å²) in [6.07, 6.45) is 11.6. The van der Waals surface area contributed by atoms with Crippen molar-refractivity contribution in [3.63, 3.8) is 0 Å². The molecule has 4 fully saturated rings. The minimum atomic E-state index is -1.05. The Hall–Kier alpha value is -1.95. The summed E-state index contributed by atoms with van der Waals surface area (Å²) in [6, 6.07) is 0. The highest BCUT2D eigenvalue weighted by atomic mass is 16.7. The summed E-state index contributed by atoms with van der Waals surface area (Å²) in [5.41, 5.74) is 5.68. The van der Waals surface area contributed by atoms with Crippen molar-refractivity contribution in [2.24, 2.45) is 56.0 Å². The largest absolute Gasteiger partial charge is 0.433 e. The van der Waals surface area contributed by atoms with E-state index >= 15 is 0 Å². The van der Waals surface area contributed by atoms with Gasteiger partial charge >= 0.3 is 5.97 Å². The van der Waals surface area contributed by atoms with E-state index in [-0.39, 0.29) is 57.1 Å². The van der Waals surface area contributed by atoms with E-state index in [1.165, 1.54) is 12.5 Å². The number of allylic oxidation sites excluding steroid dienone is 2. The molecule has 0 saturated heterocycles. The maximum Gasteiger partial charge on any atom is 0.305 e. The maximum atomic E-state index is 14.6. The summed E-state index contributed by atoms with van der Waals surface area (Å²) in [4.78, 5) is 39.5. The first-order valence-corrected chi connectivity index (χ1v) is 15.9. The number of ketones is 1. The Bertz CT molecular complexity index is 1200. The Labute approximate surface area is 247 Å². The molecule has 0 aromatic carbocycles. The molecule has 5 rings (SSSR count). The highest BCUT2D eigenvalue weighted by molar-refractivity contribution is 5.95. The molecule has 1 amide bonds. The maximum absolute atomic E-state index is 14.6. The first kappa shape index (κ1) is 30.5. The van der Waals surface area contributed by atoms with E-state index < -0.39 is 16.6 Å². The highest BCUT2D eigenvalue weighted by Crippen LogP contribution is 2.76. The average molecular weight is 568 g/mol. The van der Waals surface area contributed by atoms with Crippen molar-refractivity contribution < 1.29 is 23.9 Å². The van der Waals surface area contributed by atoms with Gasteiger partial charge in [0.2, 0.25) is 11.7 Å². The van der Waals surface area contributed by atoms with Gasteiger partial charge in [-0.3, -0.25) is 14.4 Å². The van der Waals surface area contributed by atoms with E-state index in [9.17, 15) is 14.4 Å². The SMILES string of the molecule is C=CCO[C@]1(OC(C)=O)CC[C@@]2(C)C(CC[C@]3(C)[C@@H]2C(=O)C=C2[C@@H]4C[C@@](C)(C(N)=O)CC[C@]4(C)CC[C@]23C)C1(C)C. The molecule has 228 valence electrons. The Balaban J connectivity index is 1.58. The molecule has 0 bridgehead atoms. The van der Waals surface area contributed by atoms with Crippen LogP contribution in [0.5, 0.6) is 0 Å². The van der Waals surface area contributed by atoms with Gasteiger partial charge in [-0.2, -0.15) is 0 Å². The van der Waals surface area contributed by atoms with Crippen LogP contribution in [0.2, 0.25) is 0 Å². The molecule has 0 spiro atoms. The first-order valence-electron chi connectivity index (χ1n) is 15.9. The average Bonchev–Trinajstić information content (AvgIpc) is 2.87. The topological polar surface area (TPSA) is 95.7 Å². The van der Waals surface area contributed by atoms with Crippen molar-refractivity contribution in [1.29, 1.82) is 0 Å². The number of esters is 1. The van der Waals surface area contributed by atoms with Crippen molar-refractivity contribution in [3.05, 3.63) is 24.3 Å². The van der Waals surface area contributed by atoms with Crippen LogP contribution in [0.25, 0.3) is 0 Å². The Morgan fingerprint density at radius 1 is 1.00 bits per heavy atom. The molecule has 5 aliphatic carbocycles. The number of amides is 1. The third-order valence-electron chi connectivity index (χ3n) is 14.0. The number of nitrogens with two attached hydrogens (primary N) is 1. The van der Waals surface area contributed by atoms with Crippen LogP contribution in [0.15, 0.2) is 24.3 Å². The Morgan fingerprint density at radius 2 is 1.66 bits per heavy atom. The summed E-state index contributed by atoms with van der Waals surface area (Å²) in [7, 11) is 0. The standard InChI is InChI=1S/C35H53NO5/c1-10-19-40-35(41-22(2)37)18-16-32(7)26(29(35,3)4)11-12-34(9)27(32)25(38)20-23-24-21-31(6,28(36)39)14-13-30(24,5)15-17-33(23,34)8/h10,20,24,26-27H,1,11-19,21H2,2-9H3,(H2,36,39)/t24-,26?,27+,30+,31-,32-,33+,34+,35-/m0/s1. The van der Waals surface area contributed by atoms with Gasteiger partial charge in [-0.1, -0.05) is 60.1 Å². The zero-order chi connectivity index (χ0) is 30.4. The molecule has 6 heteroatoms. The predicted molar refractivity (Wildman–Crippen MR) is 159 cm³/mol. The molecule has 0 aliphatic heterocycles. The van der Waals surface area contributed by atoms with Gasteiger partial charge in [0.05, 0.1) is 6.61 Å². The van der Waals surface area contributed by atoms with Gasteiger partial charge in [-0.05, 0) is 90.9 Å². The number of fused-ring (bicyclic) bond motifs is 7. The third kappa shape index (κ3) is 3.94. The fraction of sp³-hybridized carbons (Fsp3) is 0.800. The van der Waals surface area contributed by atoms with Gasteiger partial charge in [-0.15, -0.1) is 6.58 Å². The monoisotopic (exact) mass is 567 g/mol. The molecule has 0 radical (unpaired) electrons. The van der Waals surface area contributed by atoms with Crippen LogP contribution in [0.4, 0.5) is 0 Å². The van der Waals surface area contributed by atoms with Gasteiger partial charge < -0.3 is 15.2 Å². The molecule has 0 heterocycles. The summed E-state index contributed by atoms with van der Waals surface area (Å²) < 4.78 is 12.4. The van der Waals surface area contributed by atoms with Crippen LogP contribution >= 0.6 is 0 Å². The van der Waals surface area contributed by atoms with E-state index in [1.54, 1.807) is 6.08 Å². The fourth-order valence-corrected chi connectivity index (χ4v) is 11.2. The van der Waals surface area contributed by atoms with Crippen LogP contribution in [-0.4, -0.2) is 30.1 Å². The number of primary amides is 1. The second-order valence-electron chi connectivity index (χ2n) is 16.3. The zero-order valence-corrected chi connectivity index (χ0v) is 26.8. The lowest BCUT2D eigenvalue weighted by molar-refractivity contribution is -0.329. The van der Waals surface area contributed by atoms with Crippen molar-refractivity contribution in [2.75, 3.05) is 6.61 Å². The Morgan fingerprint density at radius 3 is 2.27 bits per heavy atom. The number of carbonyl (C=O) groups excluding carboxylic acids is 3. The van der Waals surface area contributed by atoms with Crippen LogP contribution < -0.4 is 5.73 Å². The smallest absolute Gasteiger partial charge is 0.305 e. The van der Waals surface area contributed by atoms with Gasteiger partial charge in [0.15, 0.2) is 5.78 Å². The minimum absolute atomic E-state index is 0.0871. The van der Waals surface area contributed by atoms with Gasteiger partial charge in [0, 0.05) is 30.1 Å². The molecule has 0 aromatic heterocycles. The molecule has 2 N–H and O–H groups in total. The molecule has 5 aliphatic rings. The first-order chi connectivity index (χ1) is 18.9. The van der Waals surface area contributed by atoms with Gasteiger partial charge in [-0.25, -0.2) is 0 Å². The van der Waals surface area contributed by atoms with Crippen LogP contribution in [0.3, 0.4) is 0 Å². The summed E-state index contributed by atoms with van der Waals surface area (Å²) >= 11 is 0. The van der Waals surface area contributed by atoms with Crippen molar-refractivity contribution in [2.45, 2.75) is 119 Å². The van der Waals surface area contributed by atoms with E-state index in [0.717, 1.165) is 51.4 Å². The quantitative estimate of drug-likeness (QED) is 0.221.